The fraction of sp³-hybridized carbons (Fsp3) is 0.562. The standard InChI is InChI=1S/C16H23NO2/c1-2-15(19)13-5-7-14(8-6-13)17-11-16(12-18)9-3-4-10-16/h5-8,17-18H,2-4,9-12H2,1H3. The number of hydrogen-bond acceptors (Lipinski definition) is 3. The van der Waals surface area contributed by atoms with Crippen LogP contribution in [0.1, 0.15) is 49.4 Å². The van der Waals surface area contributed by atoms with Gasteiger partial charge in [0, 0.05) is 29.6 Å². The number of carbonyl (C=O) groups excluding carboxylic acids is 1. The Balaban J connectivity index is 1.94. The second-order valence-corrected chi connectivity index (χ2v) is 5.57. The molecule has 104 valence electrons. The minimum Gasteiger partial charge on any atom is -0.396 e. The summed E-state index contributed by atoms with van der Waals surface area (Å²) in [5.41, 5.74) is 1.84. The van der Waals surface area contributed by atoms with Crippen molar-refractivity contribution < 1.29 is 9.90 Å². The maximum atomic E-state index is 11.5. The lowest BCUT2D eigenvalue weighted by atomic mass is 9.87. The Labute approximate surface area is 115 Å². The quantitative estimate of drug-likeness (QED) is 0.773. The number of nitrogens with one attached hydrogen (secondary N) is 1. The molecule has 1 aliphatic rings. The van der Waals surface area contributed by atoms with E-state index in [9.17, 15) is 9.90 Å². The lowest BCUT2D eigenvalue weighted by molar-refractivity contribution is 0.0988. The van der Waals surface area contributed by atoms with Crippen molar-refractivity contribution in [1.29, 1.82) is 0 Å². The van der Waals surface area contributed by atoms with Crippen LogP contribution in [-0.4, -0.2) is 24.0 Å². The number of anilines is 1. The van der Waals surface area contributed by atoms with Crippen molar-refractivity contribution in [3.8, 4) is 0 Å². The van der Waals surface area contributed by atoms with Gasteiger partial charge < -0.3 is 10.4 Å². The molecule has 3 heteroatoms. The van der Waals surface area contributed by atoms with Gasteiger partial charge in [0.25, 0.3) is 0 Å². The smallest absolute Gasteiger partial charge is 0.162 e. The number of Topliss-reactive ketones (excluding diaryl/α,β-unsaturated/α-hetero) is 1. The molecule has 1 aliphatic carbocycles. The van der Waals surface area contributed by atoms with Crippen molar-refractivity contribution in [2.24, 2.45) is 5.41 Å². The summed E-state index contributed by atoms with van der Waals surface area (Å²) in [6.07, 6.45) is 5.17. The minimum atomic E-state index is 0.0535. The van der Waals surface area contributed by atoms with Crippen molar-refractivity contribution in [3.63, 3.8) is 0 Å². The van der Waals surface area contributed by atoms with Crippen LogP contribution < -0.4 is 5.32 Å². The van der Waals surface area contributed by atoms with E-state index in [-0.39, 0.29) is 17.8 Å². The van der Waals surface area contributed by atoms with E-state index in [1.54, 1.807) is 0 Å². The molecule has 0 amide bonds. The molecule has 0 unspecified atom stereocenters. The molecular formula is C16H23NO2. The van der Waals surface area contributed by atoms with Gasteiger partial charge >= 0.3 is 0 Å². The normalized spacial score (nSPS) is 17.4. The van der Waals surface area contributed by atoms with Crippen LogP contribution in [0.4, 0.5) is 5.69 Å². The molecule has 0 atom stereocenters. The molecule has 1 fully saturated rings. The highest BCUT2D eigenvalue weighted by atomic mass is 16.3. The molecule has 19 heavy (non-hydrogen) atoms. The van der Waals surface area contributed by atoms with Crippen LogP contribution in [0.3, 0.4) is 0 Å². The largest absolute Gasteiger partial charge is 0.396 e. The molecule has 1 aromatic carbocycles. The molecular weight excluding hydrogens is 238 g/mol. The Morgan fingerprint density at radius 3 is 2.42 bits per heavy atom. The number of aliphatic hydroxyl groups is 1. The van der Waals surface area contributed by atoms with Gasteiger partial charge in [-0.25, -0.2) is 0 Å². The Morgan fingerprint density at radius 2 is 1.89 bits per heavy atom. The molecule has 1 saturated carbocycles. The molecule has 0 aromatic heterocycles. The third kappa shape index (κ3) is 3.35. The van der Waals surface area contributed by atoms with Crippen LogP contribution in [0, 0.1) is 5.41 Å². The van der Waals surface area contributed by atoms with Crippen molar-refractivity contribution in [1.82, 2.24) is 0 Å². The molecule has 2 rings (SSSR count). The molecule has 0 aliphatic heterocycles. The van der Waals surface area contributed by atoms with E-state index in [1.807, 2.05) is 31.2 Å². The minimum absolute atomic E-state index is 0.0535. The molecule has 0 radical (unpaired) electrons. The number of hydrogen-bond donors (Lipinski definition) is 2. The van der Waals surface area contributed by atoms with Gasteiger partial charge in [0.1, 0.15) is 0 Å². The van der Waals surface area contributed by atoms with Crippen LogP contribution in [0.2, 0.25) is 0 Å². The number of rotatable bonds is 6. The third-order valence-electron chi connectivity index (χ3n) is 4.20. The summed E-state index contributed by atoms with van der Waals surface area (Å²) in [5, 5.41) is 12.9. The second-order valence-electron chi connectivity index (χ2n) is 5.57. The summed E-state index contributed by atoms with van der Waals surface area (Å²) < 4.78 is 0. The summed E-state index contributed by atoms with van der Waals surface area (Å²) in [4.78, 5) is 11.5. The van der Waals surface area contributed by atoms with Gasteiger partial charge in [0.15, 0.2) is 5.78 Å². The molecule has 0 heterocycles. The van der Waals surface area contributed by atoms with Crippen molar-refractivity contribution in [2.75, 3.05) is 18.5 Å². The fourth-order valence-electron chi connectivity index (χ4n) is 2.78. The summed E-state index contributed by atoms with van der Waals surface area (Å²) in [6.45, 7) is 2.94. The van der Waals surface area contributed by atoms with E-state index in [2.05, 4.69) is 5.32 Å². The second kappa shape index (κ2) is 6.20. The van der Waals surface area contributed by atoms with Crippen LogP contribution in [0.25, 0.3) is 0 Å². The number of carbonyl (C=O) groups is 1. The molecule has 0 bridgehead atoms. The number of aliphatic hydroxyl groups excluding tert-OH is 1. The van der Waals surface area contributed by atoms with Gasteiger partial charge in [0.2, 0.25) is 0 Å². The lowest BCUT2D eigenvalue weighted by Crippen LogP contribution is -2.30. The Hall–Kier alpha value is -1.35. The van der Waals surface area contributed by atoms with Crippen LogP contribution in [-0.2, 0) is 0 Å². The van der Waals surface area contributed by atoms with Gasteiger partial charge in [-0.1, -0.05) is 19.8 Å². The molecule has 3 nitrogen and oxygen atoms in total. The Bertz CT molecular complexity index is 419. The van der Waals surface area contributed by atoms with Gasteiger partial charge in [-0.15, -0.1) is 0 Å². The topological polar surface area (TPSA) is 49.3 Å². The first-order valence-electron chi connectivity index (χ1n) is 7.17. The number of benzene rings is 1. The van der Waals surface area contributed by atoms with Crippen molar-refractivity contribution >= 4 is 11.5 Å². The first-order valence-corrected chi connectivity index (χ1v) is 7.17. The maximum Gasteiger partial charge on any atom is 0.162 e. The fourth-order valence-corrected chi connectivity index (χ4v) is 2.78. The summed E-state index contributed by atoms with van der Waals surface area (Å²) in [5.74, 6) is 0.175. The van der Waals surface area contributed by atoms with Gasteiger partial charge in [-0.05, 0) is 37.1 Å². The summed E-state index contributed by atoms with van der Waals surface area (Å²) in [7, 11) is 0. The highest BCUT2D eigenvalue weighted by Crippen LogP contribution is 2.37. The van der Waals surface area contributed by atoms with Crippen molar-refractivity contribution in [2.45, 2.75) is 39.0 Å². The third-order valence-corrected chi connectivity index (χ3v) is 4.20. The average Bonchev–Trinajstić information content (AvgIpc) is 2.94. The first-order chi connectivity index (χ1) is 9.19. The monoisotopic (exact) mass is 261 g/mol. The predicted molar refractivity (Wildman–Crippen MR) is 77.5 cm³/mol. The van der Waals surface area contributed by atoms with E-state index < -0.39 is 0 Å². The van der Waals surface area contributed by atoms with Crippen LogP contribution >= 0.6 is 0 Å². The lowest BCUT2D eigenvalue weighted by Gasteiger charge is -2.27. The van der Waals surface area contributed by atoms with E-state index in [1.165, 1.54) is 12.8 Å². The number of ketones is 1. The summed E-state index contributed by atoms with van der Waals surface area (Å²) >= 11 is 0. The van der Waals surface area contributed by atoms with Gasteiger partial charge in [-0.3, -0.25) is 4.79 Å². The highest BCUT2D eigenvalue weighted by molar-refractivity contribution is 5.96. The predicted octanol–water partition coefficient (Wildman–Crippen LogP) is 3.24. The summed E-state index contributed by atoms with van der Waals surface area (Å²) in [6, 6.07) is 7.63. The molecule has 0 saturated heterocycles. The SMILES string of the molecule is CCC(=O)c1ccc(NCC2(CO)CCCC2)cc1. The zero-order valence-electron chi connectivity index (χ0n) is 11.6. The van der Waals surface area contributed by atoms with Crippen molar-refractivity contribution in [3.05, 3.63) is 29.8 Å². The van der Waals surface area contributed by atoms with E-state index in [0.29, 0.717) is 6.42 Å². The van der Waals surface area contributed by atoms with Gasteiger partial charge in [-0.2, -0.15) is 0 Å². The van der Waals surface area contributed by atoms with Gasteiger partial charge in [0.05, 0.1) is 6.61 Å². The van der Waals surface area contributed by atoms with E-state index in [4.69, 9.17) is 0 Å². The Morgan fingerprint density at radius 1 is 1.26 bits per heavy atom. The molecule has 1 aromatic rings. The van der Waals surface area contributed by atoms with Crippen LogP contribution in [0.15, 0.2) is 24.3 Å². The zero-order chi connectivity index (χ0) is 13.7. The average molecular weight is 261 g/mol. The highest BCUT2D eigenvalue weighted by Gasteiger charge is 2.32. The molecule has 2 N–H and O–H groups in total. The maximum absolute atomic E-state index is 11.5. The Kier molecular flexibility index (Phi) is 4.59. The molecule has 0 spiro atoms. The van der Waals surface area contributed by atoms with Crippen LogP contribution in [0.5, 0.6) is 0 Å². The first kappa shape index (κ1) is 14.1. The van der Waals surface area contributed by atoms with E-state index in [0.717, 1.165) is 30.6 Å². The van der Waals surface area contributed by atoms with E-state index >= 15 is 0 Å². The zero-order valence-corrected chi connectivity index (χ0v) is 11.6.